The highest BCUT2D eigenvalue weighted by Crippen LogP contribution is 2.23. The molecule has 0 aliphatic carbocycles. The lowest BCUT2D eigenvalue weighted by molar-refractivity contribution is -0.121. The Labute approximate surface area is 119 Å². The average Bonchev–Trinajstić information content (AvgIpc) is 2.92. The molecule has 0 saturated carbocycles. The predicted molar refractivity (Wildman–Crippen MR) is 78.3 cm³/mol. The zero-order valence-electron chi connectivity index (χ0n) is 11.9. The molecule has 4 nitrogen and oxygen atoms in total. The molecule has 20 heavy (non-hydrogen) atoms. The van der Waals surface area contributed by atoms with E-state index in [0.717, 1.165) is 31.7 Å². The third-order valence-electron chi connectivity index (χ3n) is 3.67. The smallest absolute Gasteiger partial charge is 0.221 e. The van der Waals surface area contributed by atoms with Crippen LogP contribution in [0.5, 0.6) is 0 Å². The van der Waals surface area contributed by atoms with Crippen molar-refractivity contribution in [3.63, 3.8) is 0 Å². The second-order valence-electron chi connectivity index (χ2n) is 5.23. The van der Waals surface area contributed by atoms with Crippen molar-refractivity contribution in [1.82, 2.24) is 10.6 Å². The van der Waals surface area contributed by atoms with Crippen molar-refractivity contribution in [2.24, 2.45) is 5.92 Å². The number of hydrogen-bond acceptors (Lipinski definition) is 3. The highest BCUT2D eigenvalue weighted by molar-refractivity contribution is 5.76. The maximum atomic E-state index is 12.9. The van der Waals surface area contributed by atoms with E-state index in [9.17, 15) is 9.18 Å². The van der Waals surface area contributed by atoms with Gasteiger partial charge < -0.3 is 15.5 Å². The van der Waals surface area contributed by atoms with Crippen LogP contribution < -0.4 is 15.5 Å². The Morgan fingerprint density at radius 3 is 2.85 bits per heavy atom. The van der Waals surface area contributed by atoms with E-state index in [4.69, 9.17) is 0 Å². The van der Waals surface area contributed by atoms with Gasteiger partial charge >= 0.3 is 0 Å². The lowest BCUT2D eigenvalue weighted by atomic mass is 10.1. The van der Waals surface area contributed by atoms with Crippen LogP contribution in [0.25, 0.3) is 0 Å². The number of halogens is 1. The van der Waals surface area contributed by atoms with Gasteiger partial charge in [-0.2, -0.15) is 0 Å². The van der Waals surface area contributed by atoms with E-state index in [1.807, 2.05) is 19.2 Å². The van der Waals surface area contributed by atoms with Gasteiger partial charge in [-0.1, -0.05) is 0 Å². The van der Waals surface area contributed by atoms with Crippen LogP contribution in [-0.4, -0.2) is 39.1 Å². The molecule has 0 aromatic heterocycles. The fourth-order valence-electron chi connectivity index (χ4n) is 2.47. The largest absolute Gasteiger partial charge is 0.371 e. The average molecular weight is 279 g/mol. The van der Waals surface area contributed by atoms with E-state index in [-0.39, 0.29) is 11.7 Å². The Bertz CT molecular complexity index is 435. The zero-order chi connectivity index (χ0) is 14.4. The predicted octanol–water partition coefficient (Wildman–Crippen LogP) is 1.38. The molecule has 2 N–H and O–H groups in total. The summed E-state index contributed by atoms with van der Waals surface area (Å²) in [5.41, 5.74) is 1.05. The van der Waals surface area contributed by atoms with Crippen LogP contribution in [0.4, 0.5) is 10.1 Å². The summed E-state index contributed by atoms with van der Waals surface area (Å²) in [5, 5.41) is 5.93. The van der Waals surface area contributed by atoms with Gasteiger partial charge in [0, 0.05) is 38.3 Å². The number of carbonyl (C=O) groups is 1. The van der Waals surface area contributed by atoms with Crippen molar-refractivity contribution in [3.8, 4) is 0 Å². The van der Waals surface area contributed by atoms with Crippen LogP contribution in [0.15, 0.2) is 24.3 Å². The Balaban J connectivity index is 1.75. The Morgan fingerprint density at radius 2 is 2.15 bits per heavy atom. The van der Waals surface area contributed by atoms with E-state index in [2.05, 4.69) is 15.5 Å². The monoisotopic (exact) mass is 279 g/mol. The van der Waals surface area contributed by atoms with Crippen molar-refractivity contribution < 1.29 is 9.18 Å². The van der Waals surface area contributed by atoms with Crippen molar-refractivity contribution in [3.05, 3.63) is 30.1 Å². The number of hydrogen-bond donors (Lipinski definition) is 2. The summed E-state index contributed by atoms with van der Waals surface area (Å²) in [6, 6.07) is 6.59. The molecule has 1 heterocycles. The molecule has 1 aromatic rings. The van der Waals surface area contributed by atoms with E-state index >= 15 is 0 Å². The summed E-state index contributed by atoms with van der Waals surface area (Å²) in [5.74, 6) is 0.361. The minimum absolute atomic E-state index is 0.0968. The number of carbonyl (C=O) groups excluding carboxylic acids is 1. The first-order valence-electron chi connectivity index (χ1n) is 7.11. The third-order valence-corrected chi connectivity index (χ3v) is 3.67. The van der Waals surface area contributed by atoms with Crippen molar-refractivity contribution in [1.29, 1.82) is 0 Å². The molecular formula is C15H22FN3O. The van der Waals surface area contributed by atoms with E-state index < -0.39 is 0 Å². The molecule has 1 aromatic carbocycles. The number of rotatable bonds is 6. The first kappa shape index (κ1) is 14.8. The Kier molecular flexibility index (Phi) is 5.35. The normalized spacial score (nSPS) is 18.3. The van der Waals surface area contributed by atoms with Gasteiger partial charge in [-0.15, -0.1) is 0 Å². The fraction of sp³-hybridized carbons (Fsp3) is 0.533. The summed E-state index contributed by atoms with van der Waals surface area (Å²) in [4.78, 5) is 13.8. The summed E-state index contributed by atoms with van der Waals surface area (Å²) in [6.45, 7) is 3.30. The molecule has 1 amide bonds. The highest BCUT2D eigenvalue weighted by atomic mass is 19.1. The second-order valence-corrected chi connectivity index (χ2v) is 5.23. The quantitative estimate of drug-likeness (QED) is 0.827. The zero-order valence-corrected chi connectivity index (χ0v) is 11.9. The number of nitrogens with zero attached hydrogens (tertiary/aromatic N) is 1. The maximum absolute atomic E-state index is 12.9. The molecule has 1 saturated heterocycles. The molecule has 1 atom stereocenters. The lowest BCUT2D eigenvalue weighted by Gasteiger charge is -2.18. The van der Waals surface area contributed by atoms with E-state index in [0.29, 0.717) is 18.9 Å². The first-order chi connectivity index (χ1) is 9.69. The standard InChI is InChI=1S/C15H22FN3O/c1-17-8-6-15(20)18-10-12-7-9-19(11-12)14-4-2-13(16)3-5-14/h2-5,12,17H,6-11H2,1H3,(H,18,20). The molecular weight excluding hydrogens is 257 g/mol. The number of amides is 1. The molecule has 110 valence electrons. The first-order valence-corrected chi connectivity index (χ1v) is 7.11. The summed E-state index contributed by atoms with van der Waals surface area (Å²) in [7, 11) is 1.84. The van der Waals surface area contributed by atoms with E-state index in [1.165, 1.54) is 12.1 Å². The van der Waals surface area contributed by atoms with Crippen LogP contribution in [0.1, 0.15) is 12.8 Å². The van der Waals surface area contributed by atoms with Gasteiger partial charge in [-0.05, 0) is 43.7 Å². The molecule has 0 bridgehead atoms. The van der Waals surface area contributed by atoms with Gasteiger partial charge in [0.1, 0.15) is 5.82 Å². The van der Waals surface area contributed by atoms with Gasteiger partial charge in [0.05, 0.1) is 0 Å². The Hall–Kier alpha value is -1.62. The minimum atomic E-state index is -0.207. The van der Waals surface area contributed by atoms with Crippen LogP contribution in [-0.2, 0) is 4.79 Å². The van der Waals surface area contributed by atoms with Gasteiger partial charge in [-0.3, -0.25) is 4.79 Å². The van der Waals surface area contributed by atoms with Crippen LogP contribution in [0.2, 0.25) is 0 Å². The molecule has 1 fully saturated rings. The molecule has 2 rings (SSSR count). The van der Waals surface area contributed by atoms with Gasteiger partial charge in [0.2, 0.25) is 5.91 Å². The fourth-order valence-corrected chi connectivity index (χ4v) is 2.47. The van der Waals surface area contributed by atoms with Crippen molar-refractivity contribution >= 4 is 11.6 Å². The second kappa shape index (κ2) is 7.24. The molecule has 1 unspecified atom stereocenters. The number of nitrogens with one attached hydrogen (secondary N) is 2. The third kappa shape index (κ3) is 4.20. The van der Waals surface area contributed by atoms with Gasteiger partial charge in [0.25, 0.3) is 0 Å². The van der Waals surface area contributed by atoms with Crippen molar-refractivity contribution in [2.45, 2.75) is 12.8 Å². The van der Waals surface area contributed by atoms with Gasteiger partial charge in [0.15, 0.2) is 0 Å². The SMILES string of the molecule is CNCCC(=O)NCC1CCN(c2ccc(F)cc2)C1. The minimum Gasteiger partial charge on any atom is -0.371 e. The summed E-state index contributed by atoms with van der Waals surface area (Å²) < 4.78 is 12.9. The molecule has 5 heteroatoms. The highest BCUT2D eigenvalue weighted by Gasteiger charge is 2.22. The number of anilines is 1. The summed E-state index contributed by atoms with van der Waals surface area (Å²) in [6.07, 6.45) is 1.58. The van der Waals surface area contributed by atoms with Crippen molar-refractivity contribution in [2.75, 3.05) is 38.1 Å². The topological polar surface area (TPSA) is 44.4 Å². The summed E-state index contributed by atoms with van der Waals surface area (Å²) >= 11 is 0. The van der Waals surface area contributed by atoms with Crippen LogP contribution in [0, 0.1) is 11.7 Å². The van der Waals surface area contributed by atoms with Crippen LogP contribution in [0.3, 0.4) is 0 Å². The molecule has 1 aliphatic rings. The van der Waals surface area contributed by atoms with Crippen LogP contribution >= 0.6 is 0 Å². The van der Waals surface area contributed by atoms with Gasteiger partial charge in [-0.25, -0.2) is 4.39 Å². The lowest BCUT2D eigenvalue weighted by Crippen LogP contribution is -2.32. The molecule has 0 spiro atoms. The Morgan fingerprint density at radius 1 is 1.40 bits per heavy atom. The maximum Gasteiger partial charge on any atom is 0.221 e. The number of benzene rings is 1. The molecule has 0 radical (unpaired) electrons. The molecule has 1 aliphatic heterocycles. The van der Waals surface area contributed by atoms with E-state index in [1.54, 1.807) is 0 Å².